The van der Waals surface area contributed by atoms with Crippen molar-refractivity contribution in [3.8, 4) is 16.9 Å². The van der Waals surface area contributed by atoms with Gasteiger partial charge in [0.1, 0.15) is 18.9 Å². The molecule has 7 nitrogen and oxygen atoms in total. The van der Waals surface area contributed by atoms with Crippen LogP contribution < -0.4 is 4.74 Å². The summed E-state index contributed by atoms with van der Waals surface area (Å²) >= 11 is 0. The smallest absolute Gasteiger partial charge is 0.435 e. The SMILES string of the molecule is O=C(Cn1nc(C(F)(F)F)c2c1CCC2)N1CCOCCOc2ccc(-c3cccnc3)cc2Cc2cccc(c2)C1. The Labute approximate surface area is 241 Å². The van der Waals surface area contributed by atoms with Crippen LogP contribution in [-0.4, -0.2) is 51.9 Å². The molecule has 2 aromatic heterocycles. The van der Waals surface area contributed by atoms with Gasteiger partial charge < -0.3 is 14.4 Å². The molecule has 0 fully saturated rings. The summed E-state index contributed by atoms with van der Waals surface area (Å²) in [5.74, 6) is 0.486. The summed E-state index contributed by atoms with van der Waals surface area (Å²) in [4.78, 5) is 19.4. The highest BCUT2D eigenvalue weighted by molar-refractivity contribution is 5.76. The molecule has 0 saturated carbocycles. The predicted molar refractivity (Wildman–Crippen MR) is 150 cm³/mol. The summed E-state index contributed by atoms with van der Waals surface area (Å²) in [5.41, 5.74) is 4.91. The summed E-state index contributed by atoms with van der Waals surface area (Å²) in [6.45, 7) is 1.30. The van der Waals surface area contributed by atoms with E-state index in [2.05, 4.69) is 22.2 Å². The minimum absolute atomic E-state index is 0.222. The normalized spacial score (nSPS) is 15.8. The first kappa shape index (κ1) is 28.0. The van der Waals surface area contributed by atoms with Crippen molar-refractivity contribution in [1.29, 1.82) is 0 Å². The van der Waals surface area contributed by atoms with Gasteiger partial charge in [0.25, 0.3) is 0 Å². The number of hydrogen-bond acceptors (Lipinski definition) is 5. The molecule has 1 amide bonds. The Balaban J connectivity index is 1.25. The molecule has 0 radical (unpaired) electrons. The molecular weight excluding hydrogens is 545 g/mol. The number of nitrogens with zero attached hydrogens (tertiary/aromatic N) is 4. The molecule has 2 bridgehead atoms. The van der Waals surface area contributed by atoms with E-state index in [9.17, 15) is 18.0 Å². The number of aromatic nitrogens is 3. The lowest BCUT2D eigenvalue weighted by Gasteiger charge is -2.24. The molecule has 10 heteroatoms. The third kappa shape index (κ3) is 6.18. The van der Waals surface area contributed by atoms with Crippen LogP contribution in [0.5, 0.6) is 5.75 Å². The van der Waals surface area contributed by atoms with E-state index in [1.165, 1.54) is 4.68 Å². The van der Waals surface area contributed by atoms with Gasteiger partial charge in [-0.15, -0.1) is 0 Å². The summed E-state index contributed by atoms with van der Waals surface area (Å²) < 4.78 is 53.9. The first-order valence-corrected chi connectivity index (χ1v) is 14.1. The summed E-state index contributed by atoms with van der Waals surface area (Å²) in [7, 11) is 0. The number of fused-ring (bicyclic) bond motifs is 4. The van der Waals surface area contributed by atoms with E-state index in [0.29, 0.717) is 57.7 Å². The topological polar surface area (TPSA) is 69.5 Å². The second-order valence-electron chi connectivity index (χ2n) is 10.6. The molecule has 3 heterocycles. The maximum atomic E-state index is 13.6. The Morgan fingerprint density at radius 2 is 1.83 bits per heavy atom. The number of halogens is 3. The van der Waals surface area contributed by atoms with Crippen molar-refractivity contribution in [2.75, 3.05) is 26.4 Å². The van der Waals surface area contributed by atoms with Crippen molar-refractivity contribution < 1.29 is 27.4 Å². The number of pyridine rings is 1. The van der Waals surface area contributed by atoms with E-state index in [1.807, 2.05) is 48.7 Å². The van der Waals surface area contributed by atoms with Crippen LogP contribution in [0.25, 0.3) is 11.1 Å². The lowest BCUT2D eigenvalue weighted by atomic mass is 9.98. The Morgan fingerprint density at radius 3 is 2.67 bits per heavy atom. The fourth-order valence-electron chi connectivity index (χ4n) is 5.72. The Kier molecular flexibility index (Phi) is 7.97. The fourth-order valence-corrected chi connectivity index (χ4v) is 5.72. The standard InChI is InChI=1S/C32H31F3N4O3/c33-32(34,35)31-27-7-2-8-28(27)39(37-31)21-30(40)38-12-13-41-14-15-42-29-10-9-24(25-6-3-11-36-19-25)18-26(29)17-22-4-1-5-23(16-22)20-38/h1,3-6,9-11,16,18-19H,2,7-8,12-15,17,20-21H2. The Morgan fingerprint density at radius 1 is 0.952 bits per heavy atom. The maximum Gasteiger partial charge on any atom is 0.435 e. The molecule has 0 saturated heterocycles. The molecule has 0 spiro atoms. The summed E-state index contributed by atoms with van der Waals surface area (Å²) in [5, 5.41) is 3.83. The minimum atomic E-state index is -4.54. The van der Waals surface area contributed by atoms with Gasteiger partial charge in [-0.3, -0.25) is 14.5 Å². The van der Waals surface area contributed by atoms with E-state index in [0.717, 1.165) is 33.6 Å². The zero-order chi connectivity index (χ0) is 29.1. The number of carbonyl (C=O) groups is 1. The van der Waals surface area contributed by atoms with Crippen molar-refractivity contribution in [2.24, 2.45) is 0 Å². The van der Waals surface area contributed by atoms with Crippen molar-refractivity contribution in [1.82, 2.24) is 19.7 Å². The molecule has 2 aromatic carbocycles. The molecule has 0 atom stereocenters. The van der Waals surface area contributed by atoms with E-state index in [4.69, 9.17) is 9.47 Å². The molecule has 1 aliphatic heterocycles. The Bertz CT molecular complexity index is 1570. The number of carbonyl (C=O) groups excluding carboxylic acids is 1. The van der Waals surface area contributed by atoms with Gasteiger partial charge in [-0.05, 0) is 59.7 Å². The van der Waals surface area contributed by atoms with Crippen LogP contribution >= 0.6 is 0 Å². The monoisotopic (exact) mass is 576 g/mol. The third-order valence-corrected chi connectivity index (χ3v) is 7.72. The number of amides is 1. The zero-order valence-corrected chi connectivity index (χ0v) is 23.1. The molecule has 1 aliphatic carbocycles. The first-order chi connectivity index (χ1) is 20.3. The summed E-state index contributed by atoms with van der Waals surface area (Å²) in [6, 6.07) is 18.0. The van der Waals surface area contributed by atoms with Crippen LogP contribution in [-0.2, 0) is 48.1 Å². The highest BCUT2D eigenvalue weighted by atomic mass is 19.4. The van der Waals surface area contributed by atoms with Gasteiger partial charge in [0.2, 0.25) is 5.91 Å². The number of alkyl halides is 3. The van der Waals surface area contributed by atoms with Gasteiger partial charge >= 0.3 is 6.18 Å². The quantitative estimate of drug-likeness (QED) is 0.323. The van der Waals surface area contributed by atoms with Crippen molar-refractivity contribution in [2.45, 2.75) is 44.9 Å². The molecule has 6 rings (SSSR count). The van der Waals surface area contributed by atoms with Crippen LogP contribution in [0, 0.1) is 0 Å². The zero-order valence-electron chi connectivity index (χ0n) is 23.1. The van der Waals surface area contributed by atoms with Gasteiger partial charge in [0.05, 0.1) is 13.2 Å². The highest BCUT2D eigenvalue weighted by Gasteiger charge is 2.40. The van der Waals surface area contributed by atoms with Crippen LogP contribution in [0.2, 0.25) is 0 Å². The molecule has 218 valence electrons. The second-order valence-corrected chi connectivity index (χ2v) is 10.6. The van der Waals surface area contributed by atoms with Gasteiger partial charge in [-0.2, -0.15) is 18.3 Å². The van der Waals surface area contributed by atoms with Gasteiger partial charge in [-0.25, -0.2) is 0 Å². The first-order valence-electron chi connectivity index (χ1n) is 14.1. The van der Waals surface area contributed by atoms with Crippen molar-refractivity contribution in [3.05, 3.63) is 101 Å². The van der Waals surface area contributed by atoms with Crippen LogP contribution in [0.4, 0.5) is 13.2 Å². The van der Waals surface area contributed by atoms with Crippen LogP contribution in [0.15, 0.2) is 67.0 Å². The molecule has 4 aromatic rings. The van der Waals surface area contributed by atoms with Gasteiger partial charge in [0, 0.05) is 48.7 Å². The Hall–Kier alpha value is -4.18. The molecule has 2 aliphatic rings. The van der Waals surface area contributed by atoms with E-state index >= 15 is 0 Å². The van der Waals surface area contributed by atoms with E-state index in [1.54, 1.807) is 11.1 Å². The van der Waals surface area contributed by atoms with E-state index < -0.39 is 11.9 Å². The van der Waals surface area contributed by atoms with Gasteiger partial charge in [-0.1, -0.05) is 36.4 Å². The number of hydrogen-bond donors (Lipinski definition) is 0. The number of benzene rings is 2. The minimum Gasteiger partial charge on any atom is -0.491 e. The average molecular weight is 577 g/mol. The second kappa shape index (κ2) is 12.0. The highest BCUT2D eigenvalue weighted by Crippen LogP contribution is 2.36. The predicted octanol–water partition coefficient (Wildman–Crippen LogP) is 5.48. The van der Waals surface area contributed by atoms with Crippen LogP contribution in [0.3, 0.4) is 0 Å². The molecule has 42 heavy (non-hydrogen) atoms. The lowest BCUT2D eigenvalue weighted by molar-refractivity contribution is -0.142. The number of ether oxygens (including phenoxy) is 2. The van der Waals surface area contributed by atoms with Crippen molar-refractivity contribution >= 4 is 5.91 Å². The average Bonchev–Trinajstić information content (AvgIpc) is 3.59. The largest absolute Gasteiger partial charge is 0.491 e. The molecule has 0 N–H and O–H groups in total. The maximum absolute atomic E-state index is 13.6. The summed E-state index contributed by atoms with van der Waals surface area (Å²) in [6.07, 6.45) is 1.09. The molecule has 0 unspecified atom stereocenters. The third-order valence-electron chi connectivity index (χ3n) is 7.72. The van der Waals surface area contributed by atoms with Crippen molar-refractivity contribution in [3.63, 3.8) is 0 Å². The number of rotatable bonds is 3. The molecular formula is C32H31F3N4O3. The van der Waals surface area contributed by atoms with E-state index in [-0.39, 0.29) is 24.6 Å². The fraction of sp³-hybridized carbons (Fsp3) is 0.344. The van der Waals surface area contributed by atoms with Crippen LogP contribution in [0.1, 0.15) is 40.1 Å². The van der Waals surface area contributed by atoms with Gasteiger partial charge in [0.15, 0.2) is 5.69 Å². The lowest BCUT2D eigenvalue weighted by Crippen LogP contribution is -2.36.